The van der Waals surface area contributed by atoms with Crippen LogP contribution in [0.3, 0.4) is 0 Å². The first kappa shape index (κ1) is 21.2. The fourth-order valence-corrected chi connectivity index (χ4v) is 5.05. The van der Waals surface area contributed by atoms with E-state index in [0.29, 0.717) is 48.7 Å². The van der Waals surface area contributed by atoms with Crippen LogP contribution in [-0.4, -0.2) is 62.3 Å². The molecule has 0 atom stereocenters. The van der Waals surface area contributed by atoms with Crippen LogP contribution in [0.25, 0.3) is 5.70 Å². The molecule has 0 spiro atoms. The molecule has 0 aliphatic carbocycles. The molecule has 0 N–H and O–H groups in total. The van der Waals surface area contributed by atoms with Crippen molar-refractivity contribution in [2.45, 2.75) is 11.5 Å². The van der Waals surface area contributed by atoms with Gasteiger partial charge in [-0.3, -0.25) is 14.5 Å². The van der Waals surface area contributed by atoms with Gasteiger partial charge in [0.15, 0.2) is 0 Å². The molecular weight excluding hydrogens is 420 g/mol. The van der Waals surface area contributed by atoms with E-state index in [-0.39, 0.29) is 24.0 Å². The Morgan fingerprint density at radius 1 is 1.06 bits per heavy atom. The van der Waals surface area contributed by atoms with Crippen LogP contribution in [0.2, 0.25) is 0 Å². The maximum atomic E-state index is 12.8. The molecule has 9 heteroatoms. The minimum absolute atomic E-state index is 0.104. The molecular formula is C22H22N2O6S. The van der Waals surface area contributed by atoms with Crippen molar-refractivity contribution in [2.75, 3.05) is 32.8 Å². The van der Waals surface area contributed by atoms with Crippen molar-refractivity contribution in [3.8, 4) is 0 Å². The number of hydrogen-bond acceptors (Lipinski definition) is 6. The van der Waals surface area contributed by atoms with Crippen molar-refractivity contribution >= 4 is 27.6 Å². The van der Waals surface area contributed by atoms with Gasteiger partial charge in [0.2, 0.25) is 10.0 Å². The van der Waals surface area contributed by atoms with Crippen molar-refractivity contribution in [3.05, 3.63) is 71.8 Å². The van der Waals surface area contributed by atoms with Gasteiger partial charge in [0.05, 0.1) is 18.1 Å². The number of esters is 1. The number of benzene rings is 2. The molecule has 0 radical (unpaired) electrons. The van der Waals surface area contributed by atoms with Gasteiger partial charge in [-0.15, -0.1) is 0 Å². The van der Waals surface area contributed by atoms with Crippen LogP contribution < -0.4 is 0 Å². The Hall–Kier alpha value is -3.01. The summed E-state index contributed by atoms with van der Waals surface area (Å²) in [6.45, 7) is 4.86. The molecule has 0 unspecified atom stereocenters. The van der Waals surface area contributed by atoms with E-state index in [0.717, 1.165) is 0 Å². The predicted molar refractivity (Wildman–Crippen MR) is 112 cm³/mol. The maximum absolute atomic E-state index is 12.8. The monoisotopic (exact) mass is 442 g/mol. The van der Waals surface area contributed by atoms with E-state index in [4.69, 9.17) is 9.47 Å². The summed E-state index contributed by atoms with van der Waals surface area (Å²) in [5, 5.41) is 0. The van der Waals surface area contributed by atoms with Gasteiger partial charge in [0, 0.05) is 29.9 Å². The molecule has 1 saturated heterocycles. The average molecular weight is 442 g/mol. The Labute approximate surface area is 180 Å². The Morgan fingerprint density at radius 2 is 1.77 bits per heavy atom. The summed E-state index contributed by atoms with van der Waals surface area (Å²) in [5.41, 5.74) is 2.19. The van der Waals surface area contributed by atoms with Gasteiger partial charge >= 0.3 is 5.97 Å². The number of hydrogen-bond donors (Lipinski definition) is 0. The van der Waals surface area contributed by atoms with Crippen LogP contribution in [0, 0.1) is 0 Å². The lowest BCUT2D eigenvalue weighted by Crippen LogP contribution is -2.40. The summed E-state index contributed by atoms with van der Waals surface area (Å²) < 4.78 is 37.5. The fraction of sp³-hybridized carbons (Fsp3) is 0.273. The Balaban J connectivity index is 1.39. The maximum Gasteiger partial charge on any atom is 0.326 e. The van der Waals surface area contributed by atoms with Crippen molar-refractivity contribution in [1.82, 2.24) is 9.21 Å². The minimum Gasteiger partial charge on any atom is -0.459 e. The molecule has 8 nitrogen and oxygen atoms in total. The molecule has 162 valence electrons. The van der Waals surface area contributed by atoms with Crippen molar-refractivity contribution in [1.29, 1.82) is 0 Å². The quantitative estimate of drug-likeness (QED) is 0.634. The average Bonchev–Trinajstić information content (AvgIpc) is 3.03. The van der Waals surface area contributed by atoms with Gasteiger partial charge in [-0.25, -0.2) is 8.42 Å². The smallest absolute Gasteiger partial charge is 0.326 e. The summed E-state index contributed by atoms with van der Waals surface area (Å²) in [6, 6.07) is 13.3. The summed E-state index contributed by atoms with van der Waals surface area (Å²) in [7, 11) is -3.64. The molecule has 0 bridgehead atoms. The molecule has 1 amide bonds. The minimum atomic E-state index is -3.64. The SMILES string of the molecule is C=C1c2ccccc2C(=O)N1CC(=O)OCc1cccc(S(=O)(=O)N2CCOCC2)c1. The summed E-state index contributed by atoms with van der Waals surface area (Å²) >= 11 is 0. The third kappa shape index (κ3) is 4.25. The topological polar surface area (TPSA) is 93.2 Å². The zero-order valence-corrected chi connectivity index (χ0v) is 17.6. The van der Waals surface area contributed by atoms with Gasteiger partial charge in [0.1, 0.15) is 13.2 Å². The Morgan fingerprint density at radius 3 is 2.48 bits per heavy atom. The number of carbonyl (C=O) groups excluding carboxylic acids is 2. The third-order valence-electron chi connectivity index (χ3n) is 5.23. The van der Waals surface area contributed by atoms with Gasteiger partial charge in [-0.2, -0.15) is 4.31 Å². The molecule has 0 saturated carbocycles. The zero-order chi connectivity index (χ0) is 22.0. The lowest BCUT2D eigenvalue weighted by atomic mass is 10.1. The van der Waals surface area contributed by atoms with Gasteiger partial charge in [-0.05, 0) is 23.8 Å². The zero-order valence-electron chi connectivity index (χ0n) is 16.8. The molecule has 2 aliphatic heterocycles. The number of amides is 1. The second-order valence-corrected chi connectivity index (χ2v) is 9.15. The van der Waals surface area contributed by atoms with Crippen LogP contribution in [0.5, 0.6) is 0 Å². The molecule has 2 aliphatic rings. The van der Waals surface area contributed by atoms with Crippen molar-refractivity contribution in [3.63, 3.8) is 0 Å². The standard InChI is InChI=1S/C22H22N2O6S/c1-16-19-7-2-3-8-20(19)22(26)24(16)14-21(25)30-15-17-5-4-6-18(13-17)31(27,28)23-9-11-29-12-10-23/h2-8,13H,1,9-12,14-15H2. The molecule has 31 heavy (non-hydrogen) atoms. The van der Waals surface area contributed by atoms with Crippen LogP contribution in [0.15, 0.2) is 60.0 Å². The number of carbonyl (C=O) groups is 2. The van der Waals surface area contributed by atoms with Crippen molar-refractivity contribution < 1.29 is 27.5 Å². The number of fused-ring (bicyclic) bond motifs is 1. The highest BCUT2D eigenvalue weighted by atomic mass is 32.2. The molecule has 0 aromatic heterocycles. The number of morpholine rings is 1. The highest BCUT2D eigenvalue weighted by Crippen LogP contribution is 2.30. The number of sulfonamides is 1. The molecule has 2 aromatic carbocycles. The van der Waals surface area contributed by atoms with Gasteiger partial charge in [0.25, 0.3) is 5.91 Å². The van der Waals surface area contributed by atoms with Crippen LogP contribution >= 0.6 is 0 Å². The van der Waals surface area contributed by atoms with Gasteiger partial charge in [-0.1, -0.05) is 36.9 Å². The van der Waals surface area contributed by atoms with Gasteiger partial charge < -0.3 is 9.47 Å². The molecule has 2 heterocycles. The summed E-state index contributed by atoms with van der Waals surface area (Å²) in [5.74, 6) is -0.903. The first-order valence-corrected chi connectivity index (χ1v) is 11.2. The fourth-order valence-electron chi connectivity index (χ4n) is 3.57. The molecule has 4 rings (SSSR count). The van der Waals surface area contributed by atoms with Crippen LogP contribution in [0.4, 0.5) is 0 Å². The first-order valence-electron chi connectivity index (χ1n) is 9.80. The second kappa shape index (κ2) is 8.62. The van der Waals surface area contributed by atoms with E-state index in [1.165, 1.54) is 21.3 Å². The number of rotatable bonds is 6. The normalized spacial score (nSPS) is 17.0. The van der Waals surface area contributed by atoms with Crippen molar-refractivity contribution in [2.24, 2.45) is 0 Å². The highest BCUT2D eigenvalue weighted by molar-refractivity contribution is 7.89. The van der Waals surface area contributed by atoms with E-state index < -0.39 is 16.0 Å². The second-order valence-electron chi connectivity index (χ2n) is 7.21. The van der Waals surface area contributed by atoms with E-state index >= 15 is 0 Å². The van der Waals surface area contributed by atoms with Crippen LogP contribution in [-0.2, 0) is 30.9 Å². The largest absolute Gasteiger partial charge is 0.459 e. The summed E-state index contributed by atoms with van der Waals surface area (Å²) in [4.78, 5) is 26.3. The van der Waals surface area contributed by atoms with E-state index in [1.807, 2.05) is 0 Å². The Kier molecular flexibility index (Phi) is 5.90. The number of ether oxygens (including phenoxy) is 2. The predicted octanol–water partition coefficient (Wildman–Crippen LogP) is 1.88. The van der Waals surface area contributed by atoms with E-state index in [9.17, 15) is 18.0 Å². The van der Waals surface area contributed by atoms with E-state index in [2.05, 4.69) is 6.58 Å². The third-order valence-corrected chi connectivity index (χ3v) is 7.13. The lowest BCUT2D eigenvalue weighted by molar-refractivity contribution is -0.145. The lowest BCUT2D eigenvalue weighted by Gasteiger charge is -2.26. The molecule has 2 aromatic rings. The summed E-state index contributed by atoms with van der Waals surface area (Å²) in [6.07, 6.45) is 0. The molecule has 1 fully saturated rings. The van der Waals surface area contributed by atoms with Crippen LogP contribution in [0.1, 0.15) is 21.5 Å². The van der Waals surface area contributed by atoms with E-state index in [1.54, 1.807) is 36.4 Å². The number of nitrogens with zero attached hydrogens (tertiary/aromatic N) is 2. The first-order chi connectivity index (χ1) is 14.9. The highest BCUT2D eigenvalue weighted by Gasteiger charge is 2.32. The Bertz CT molecular complexity index is 1100.